The van der Waals surface area contributed by atoms with Gasteiger partial charge in [-0.25, -0.2) is 0 Å². The van der Waals surface area contributed by atoms with Gasteiger partial charge in [-0.3, -0.25) is 9.59 Å². The van der Waals surface area contributed by atoms with Crippen molar-refractivity contribution in [2.45, 2.75) is 27.7 Å². The first-order valence-corrected chi connectivity index (χ1v) is 5.96. The van der Waals surface area contributed by atoms with E-state index in [0.29, 0.717) is 11.3 Å². The smallest absolute Gasteiger partial charge is 0.248 e. The number of nitrogens with two attached hydrogens (primary N) is 1. The molecule has 1 rings (SSSR count). The molecule has 0 aliphatic carbocycles. The largest absolute Gasteiger partial charge is 0.366 e. The molecule has 0 bridgehead atoms. The van der Waals surface area contributed by atoms with Crippen molar-refractivity contribution in [2.75, 3.05) is 5.32 Å². The first-order valence-electron chi connectivity index (χ1n) is 5.96. The van der Waals surface area contributed by atoms with Crippen LogP contribution in [0.1, 0.15) is 38.1 Å². The molecule has 1 aromatic carbocycles. The molecule has 0 aliphatic heterocycles. The summed E-state index contributed by atoms with van der Waals surface area (Å²) in [6.45, 7) is 7.83. The highest BCUT2D eigenvalue weighted by atomic mass is 16.2. The van der Waals surface area contributed by atoms with Crippen LogP contribution in [0.4, 0.5) is 5.69 Å². The lowest BCUT2D eigenvalue weighted by atomic mass is 9.80. The minimum Gasteiger partial charge on any atom is -0.366 e. The van der Waals surface area contributed by atoms with Crippen molar-refractivity contribution < 1.29 is 9.59 Å². The minimum absolute atomic E-state index is 0.0377. The molecule has 3 N–H and O–H groups in total. The lowest BCUT2D eigenvalue weighted by Crippen LogP contribution is -2.35. The third-order valence-corrected chi connectivity index (χ3v) is 3.46. The number of anilines is 1. The van der Waals surface area contributed by atoms with Gasteiger partial charge in [0, 0.05) is 16.7 Å². The van der Waals surface area contributed by atoms with Crippen molar-refractivity contribution in [3.63, 3.8) is 0 Å². The summed E-state index contributed by atoms with van der Waals surface area (Å²) in [4.78, 5) is 23.0. The van der Waals surface area contributed by atoms with E-state index >= 15 is 0 Å². The van der Waals surface area contributed by atoms with Gasteiger partial charge in [0.15, 0.2) is 0 Å². The molecule has 0 radical (unpaired) electrons. The Labute approximate surface area is 108 Å². The van der Waals surface area contributed by atoms with Crippen LogP contribution in [0.5, 0.6) is 0 Å². The Morgan fingerprint density at radius 1 is 1.17 bits per heavy atom. The number of carbonyl (C=O) groups is 2. The Morgan fingerprint density at radius 3 is 2.06 bits per heavy atom. The molecule has 0 heterocycles. The third kappa shape index (κ3) is 3.09. The monoisotopic (exact) mass is 248 g/mol. The SMILES string of the molecule is CC(C)C(C)(C)C(=O)Nc1ccc(C(N)=O)cc1. The number of benzene rings is 1. The summed E-state index contributed by atoms with van der Waals surface area (Å²) in [6, 6.07) is 6.55. The molecule has 0 aromatic heterocycles. The Morgan fingerprint density at radius 2 is 1.67 bits per heavy atom. The molecule has 98 valence electrons. The zero-order chi connectivity index (χ0) is 13.9. The van der Waals surface area contributed by atoms with Crippen molar-refractivity contribution in [2.24, 2.45) is 17.1 Å². The lowest BCUT2D eigenvalue weighted by Gasteiger charge is -2.27. The zero-order valence-corrected chi connectivity index (χ0v) is 11.3. The van der Waals surface area contributed by atoms with Crippen LogP contribution in [0.15, 0.2) is 24.3 Å². The van der Waals surface area contributed by atoms with Crippen LogP contribution in [-0.4, -0.2) is 11.8 Å². The first kappa shape index (κ1) is 14.2. The summed E-state index contributed by atoms with van der Waals surface area (Å²) >= 11 is 0. The number of hydrogen-bond acceptors (Lipinski definition) is 2. The summed E-state index contributed by atoms with van der Waals surface area (Å²) in [7, 11) is 0. The van der Waals surface area contributed by atoms with Crippen molar-refractivity contribution in [1.29, 1.82) is 0 Å². The second kappa shape index (κ2) is 5.21. The summed E-state index contributed by atoms with van der Waals surface area (Å²) in [5, 5.41) is 2.84. The quantitative estimate of drug-likeness (QED) is 0.858. The van der Waals surface area contributed by atoms with Crippen LogP contribution >= 0.6 is 0 Å². The zero-order valence-electron chi connectivity index (χ0n) is 11.3. The Bertz CT molecular complexity index is 447. The normalized spacial score (nSPS) is 11.4. The maximum Gasteiger partial charge on any atom is 0.248 e. The molecule has 4 nitrogen and oxygen atoms in total. The maximum absolute atomic E-state index is 12.1. The van der Waals surface area contributed by atoms with Crippen molar-refractivity contribution in [3.05, 3.63) is 29.8 Å². The van der Waals surface area contributed by atoms with Gasteiger partial charge < -0.3 is 11.1 Å². The van der Waals surface area contributed by atoms with Gasteiger partial charge in [0.1, 0.15) is 0 Å². The van der Waals surface area contributed by atoms with Gasteiger partial charge in [-0.1, -0.05) is 27.7 Å². The minimum atomic E-state index is -0.476. The number of carbonyl (C=O) groups excluding carboxylic acids is 2. The standard InChI is InChI=1S/C14H20N2O2/c1-9(2)14(3,4)13(18)16-11-7-5-10(6-8-11)12(15)17/h5-9H,1-4H3,(H2,15,17)(H,16,18). The van der Waals surface area contributed by atoms with E-state index in [1.807, 2.05) is 27.7 Å². The predicted octanol–water partition coefficient (Wildman–Crippen LogP) is 2.41. The third-order valence-electron chi connectivity index (χ3n) is 3.46. The number of rotatable bonds is 4. The molecular weight excluding hydrogens is 228 g/mol. The molecule has 0 aliphatic rings. The van der Waals surface area contributed by atoms with Gasteiger partial charge in [-0.2, -0.15) is 0 Å². The molecule has 1 aromatic rings. The highest BCUT2D eigenvalue weighted by molar-refractivity contribution is 5.96. The van der Waals surface area contributed by atoms with E-state index in [1.165, 1.54) is 0 Å². The maximum atomic E-state index is 12.1. The van der Waals surface area contributed by atoms with Gasteiger partial charge in [0.2, 0.25) is 11.8 Å². The number of primary amides is 1. The van der Waals surface area contributed by atoms with Gasteiger partial charge >= 0.3 is 0 Å². The van der Waals surface area contributed by atoms with E-state index in [0.717, 1.165) is 0 Å². The van der Waals surface area contributed by atoms with Gasteiger partial charge in [-0.05, 0) is 30.2 Å². The van der Waals surface area contributed by atoms with Crippen LogP contribution in [0.2, 0.25) is 0 Å². The predicted molar refractivity (Wildman–Crippen MR) is 72.2 cm³/mol. The van der Waals surface area contributed by atoms with E-state index in [-0.39, 0.29) is 11.8 Å². The van der Waals surface area contributed by atoms with Gasteiger partial charge in [0.25, 0.3) is 0 Å². The Hall–Kier alpha value is -1.84. The molecular formula is C14H20N2O2. The van der Waals surface area contributed by atoms with Gasteiger partial charge in [0.05, 0.1) is 0 Å². The van der Waals surface area contributed by atoms with Crippen molar-refractivity contribution >= 4 is 17.5 Å². The molecule has 2 amide bonds. The molecule has 0 saturated heterocycles. The summed E-state index contributed by atoms with van der Waals surface area (Å²) in [5.74, 6) is -0.276. The highest BCUT2D eigenvalue weighted by Crippen LogP contribution is 2.27. The van der Waals surface area contributed by atoms with Crippen LogP contribution in [0.25, 0.3) is 0 Å². The van der Waals surface area contributed by atoms with Crippen LogP contribution in [0.3, 0.4) is 0 Å². The number of nitrogens with one attached hydrogen (secondary N) is 1. The molecule has 18 heavy (non-hydrogen) atoms. The average Bonchev–Trinajstić information content (AvgIpc) is 2.29. The van der Waals surface area contributed by atoms with E-state index in [1.54, 1.807) is 24.3 Å². The molecule has 0 atom stereocenters. The van der Waals surface area contributed by atoms with E-state index in [4.69, 9.17) is 5.73 Å². The van der Waals surface area contributed by atoms with Crippen LogP contribution in [-0.2, 0) is 4.79 Å². The number of amides is 2. The fourth-order valence-corrected chi connectivity index (χ4v) is 1.27. The van der Waals surface area contributed by atoms with E-state index < -0.39 is 11.3 Å². The second-order valence-corrected chi connectivity index (χ2v) is 5.27. The summed E-state index contributed by atoms with van der Waals surface area (Å²) in [5.41, 5.74) is 5.80. The fourth-order valence-electron chi connectivity index (χ4n) is 1.27. The second-order valence-electron chi connectivity index (χ2n) is 5.27. The fraction of sp³-hybridized carbons (Fsp3) is 0.429. The Balaban J connectivity index is 2.80. The number of hydrogen-bond donors (Lipinski definition) is 2. The van der Waals surface area contributed by atoms with Gasteiger partial charge in [-0.15, -0.1) is 0 Å². The molecule has 4 heteroatoms. The van der Waals surface area contributed by atoms with E-state index in [2.05, 4.69) is 5.32 Å². The highest BCUT2D eigenvalue weighted by Gasteiger charge is 2.31. The molecule has 0 fully saturated rings. The Kier molecular flexibility index (Phi) is 4.11. The summed E-state index contributed by atoms with van der Waals surface area (Å²) < 4.78 is 0. The lowest BCUT2D eigenvalue weighted by molar-refractivity contribution is -0.126. The summed E-state index contributed by atoms with van der Waals surface area (Å²) in [6.07, 6.45) is 0. The van der Waals surface area contributed by atoms with Crippen molar-refractivity contribution in [1.82, 2.24) is 0 Å². The van der Waals surface area contributed by atoms with Crippen molar-refractivity contribution in [3.8, 4) is 0 Å². The molecule has 0 unspecified atom stereocenters. The molecule has 0 spiro atoms. The first-order chi connectivity index (χ1) is 8.25. The van der Waals surface area contributed by atoms with Crippen LogP contribution in [0, 0.1) is 11.3 Å². The molecule has 0 saturated carbocycles. The topological polar surface area (TPSA) is 72.2 Å². The van der Waals surface area contributed by atoms with Crippen LogP contribution < -0.4 is 11.1 Å². The average molecular weight is 248 g/mol. The van der Waals surface area contributed by atoms with E-state index in [9.17, 15) is 9.59 Å².